The number of hydrogen-bond donors (Lipinski definition) is 0. The van der Waals surface area contributed by atoms with Crippen LogP contribution in [0, 0.1) is 0 Å². The highest BCUT2D eigenvalue weighted by molar-refractivity contribution is 5.95. The van der Waals surface area contributed by atoms with Crippen LogP contribution in [0.25, 0.3) is 21.8 Å². The number of allylic oxidation sites excluding steroid dienone is 8. The van der Waals surface area contributed by atoms with Gasteiger partial charge in [0, 0.05) is 22.6 Å². The smallest absolute Gasteiger partial charge is 0.0712 e. The normalized spacial score (nSPS) is 21.7. The second-order valence-corrected chi connectivity index (χ2v) is 7.13. The molecule has 2 atom stereocenters. The van der Waals surface area contributed by atoms with Gasteiger partial charge in [-0.1, -0.05) is 72.9 Å². The first-order valence-electron chi connectivity index (χ1n) is 9.39. The summed E-state index contributed by atoms with van der Waals surface area (Å²) in [5.74, 6) is 0.867. The first-order chi connectivity index (χ1) is 12.9. The molecule has 26 heavy (non-hydrogen) atoms. The third-order valence-corrected chi connectivity index (χ3v) is 5.51. The van der Waals surface area contributed by atoms with E-state index in [9.17, 15) is 0 Å². The van der Waals surface area contributed by atoms with Crippen molar-refractivity contribution < 1.29 is 0 Å². The van der Waals surface area contributed by atoms with E-state index in [0.717, 1.165) is 23.9 Å². The molecule has 0 bridgehead atoms. The molecule has 1 aromatic heterocycles. The summed E-state index contributed by atoms with van der Waals surface area (Å²) in [4.78, 5) is 4.95. The van der Waals surface area contributed by atoms with Crippen LogP contribution in [-0.4, -0.2) is 4.98 Å². The minimum absolute atomic E-state index is 0.418. The quantitative estimate of drug-likeness (QED) is 0.482. The largest absolute Gasteiger partial charge is 0.248 e. The third kappa shape index (κ3) is 2.61. The molecular formula is C25H21N. The van der Waals surface area contributed by atoms with Gasteiger partial charge in [-0.25, -0.2) is 4.98 Å². The Morgan fingerprint density at radius 1 is 0.731 bits per heavy atom. The van der Waals surface area contributed by atoms with Crippen molar-refractivity contribution >= 4 is 21.8 Å². The zero-order valence-electron chi connectivity index (χ0n) is 14.7. The van der Waals surface area contributed by atoms with E-state index >= 15 is 0 Å². The van der Waals surface area contributed by atoms with Crippen molar-refractivity contribution in [3.05, 3.63) is 102 Å². The molecule has 0 amide bonds. The lowest BCUT2D eigenvalue weighted by Gasteiger charge is -2.24. The molecule has 2 aliphatic rings. The Balaban J connectivity index is 1.79. The summed E-state index contributed by atoms with van der Waals surface area (Å²) in [5.41, 5.74) is 5.06. The molecule has 0 spiro atoms. The Bertz CT molecular complexity index is 1100. The average molecular weight is 335 g/mol. The van der Waals surface area contributed by atoms with Crippen molar-refractivity contribution in [2.75, 3.05) is 0 Å². The Morgan fingerprint density at radius 2 is 1.50 bits per heavy atom. The lowest BCUT2D eigenvalue weighted by Crippen LogP contribution is -2.07. The third-order valence-electron chi connectivity index (χ3n) is 5.51. The van der Waals surface area contributed by atoms with Gasteiger partial charge in [-0.15, -0.1) is 0 Å². The van der Waals surface area contributed by atoms with Crippen LogP contribution in [-0.2, 0) is 0 Å². The molecule has 2 aromatic carbocycles. The lowest BCUT2D eigenvalue weighted by atomic mass is 9.80. The van der Waals surface area contributed by atoms with Crippen molar-refractivity contribution in [2.24, 2.45) is 0 Å². The van der Waals surface area contributed by atoms with Gasteiger partial charge in [0.25, 0.3) is 0 Å². The molecule has 2 aliphatic carbocycles. The van der Waals surface area contributed by atoms with Gasteiger partial charge >= 0.3 is 0 Å². The van der Waals surface area contributed by atoms with Crippen LogP contribution in [0.3, 0.4) is 0 Å². The summed E-state index contributed by atoms with van der Waals surface area (Å²) in [6.45, 7) is 0. The fourth-order valence-electron chi connectivity index (χ4n) is 4.23. The molecule has 1 heterocycles. The van der Waals surface area contributed by atoms with Crippen molar-refractivity contribution in [1.82, 2.24) is 4.98 Å². The SMILES string of the molecule is C1=CCC(c2ccc3nc4ccccc4cc3c2C2C=CC=CC2)C=C1. The van der Waals surface area contributed by atoms with E-state index in [1.807, 2.05) is 0 Å². The molecule has 0 saturated carbocycles. The van der Waals surface area contributed by atoms with Gasteiger partial charge in [0.15, 0.2) is 0 Å². The molecule has 126 valence electrons. The zero-order valence-corrected chi connectivity index (χ0v) is 14.7. The molecule has 0 N–H and O–H groups in total. The number of nitrogens with zero attached hydrogens (tertiary/aromatic N) is 1. The van der Waals surface area contributed by atoms with E-state index in [-0.39, 0.29) is 0 Å². The molecule has 0 aliphatic heterocycles. The second kappa shape index (κ2) is 6.42. The predicted molar refractivity (Wildman–Crippen MR) is 111 cm³/mol. The van der Waals surface area contributed by atoms with Crippen LogP contribution in [0.5, 0.6) is 0 Å². The van der Waals surface area contributed by atoms with Gasteiger partial charge in [0.2, 0.25) is 0 Å². The van der Waals surface area contributed by atoms with Crippen LogP contribution in [0.4, 0.5) is 0 Å². The van der Waals surface area contributed by atoms with Crippen LogP contribution >= 0.6 is 0 Å². The van der Waals surface area contributed by atoms with E-state index in [1.54, 1.807) is 0 Å². The molecule has 0 saturated heterocycles. The van der Waals surface area contributed by atoms with Crippen LogP contribution in [0.15, 0.2) is 91.1 Å². The van der Waals surface area contributed by atoms with E-state index in [0.29, 0.717) is 11.8 Å². The first kappa shape index (κ1) is 15.3. The van der Waals surface area contributed by atoms with E-state index in [1.165, 1.54) is 21.9 Å². The maximum atomic E-state index is 4.95. The molecule has 3 aromatic rings. The standard InChI is InChI=1S/C25H21N/c1-3-9-18(10-4-1)21-15-16-24-22(25(21)19-11-5-2-6-12-19)17-20-13-7-8-14-23(20)26-24/h1-9,11,13-19H,10,12H2. The number of para-hydroxylation sites is 1. The molecule has 0 radical (unpaired) electrons. The maximum Gasteiger partial charge on any atom is 0.0712 e. The highest BCUT2D eigenvalue weighted by atomic mass is 14.7. The van der Waals surface area contributed by atoms with Gasteiger partial charge in [0.05, 0.1) is 11.0 Å². The van der Waals surface area contributed by atoms with E-state index in [4.69, 9.17) is 4.98 Å². The second-order valence-electron chi connectivity index (χ2n) is 7.13. The van der Waals surface area contributed by atoms with Crippen molar-refractivity contribution in [3.8, 4) is 0 Å². The fraction of sp³-hybridized carbons (Fsp3) is 0.160. The van der Waals surface area contributed by atoms with Crippen LogP contribution in [0.2, 0.25) is 0 Å². The van der Waals surface area contributed by atoms with Gasteiger partial charge in [-0.3, -0.25) is 0 Å². The Morgan fingerprint density at radius 3 is 2.27 bits per heavy atom. The topological polar surface area (TPSA) is 12.9 Å². The highest BCUT2D eigenvalue weighted by Gasteiger charge is 2.21. The Hall–Kier alpha value is -2.93. The molecule has 1 heteroatoms. The highest BCUT2D eigenvalue weighted by Crippen LogP contribution is 2.39. The number of fused-ring (bicyclic) bond motifs is 2. The Kier molecular flexibility index (Phi) is 3.79. The summed E-state index contributed by atoms with van der Waals surface area (Å²) in [5, 5.41) is 2.52. The van der Waals surface area contributed by atoms with Crippen molar-refractivity contribution in [1.29, 1.82) is 0 Å². The fourth-order valence-corrected chi connectivity index (χ4v) is 4.23. The van der Waals surface area contributed by atoms with Crippen LogP contribution < -0.4 is 0 Å². The zero-order chi connectivity index (χ0) is 17.3. The molecule has 2 unspecified atom stereocenters. The first-order valence-corrected chi connectivity index (χ1v) is 9.39. The molecule has 5 rings (SSSR count). The van der Waals surface area contributed by atoms with Crippen molar-refractivity contribution in [3.63, 3.8) is 0 Å². The van der Waals surface area contributed by atoms with Crippen molar-refractivity contribution in [2.45, 2.75) is 24.7 Å². The summed E-state index contributed by atoms with van der Waals surface area (Å²) < 4.78 is 0. The summed E-state index contributed by atoms with van der Waals surface area (Å²) in [6.07, 6.45) is 20.0. The van der Waals surface area contributed by atoms with Gasteiger partial charge in [-0.2, -0.15) is 0 Å². The Labute approximate surface area is 154 Å². The number of rotatable bonds is 2. The van der Waals surface area contributed by atoms with Gasteiger partial charge in [0.1, 0.15) is 0 Å². The average Bonchev–Trinajstić information content (AvgIpc) is 2.72. The van der Waals surface area contributed by atoms with E-state index in [2.05, 4.69) is 91.1 Å². The molecule has 0 fully saturated rings. The van der Waals surface area contributed by atoms with Crippen LogP contribution in [0.1, 0.15) is 35.8 Å². The minimum atomic E-state index is 0.418. The predicted octanol–water partition coefficient (Wildman–Crippen LogP) is 6.59. The summed E-state index contributed by atoms with van der Waals surface area (Å²) >= 11 is 0. The lowest BCUT2D eigenvalue weighted by molar-refractivity contribution is 0.792. The number of pyridine rings is 1. The maximum absolute atomic E-state index is 4.95. The molecule has 1 nitrogen and oxygen atoms in total. The monoisotopic (exact) mass is 335 g/mol. The van der Waals surface area contributed by atoms with Gasteiger partial charge in [-0.05, 0) is 42.2 Å². The summed E-state index contributed by atoms with van der Waals surface area (Å²) in [7, 11) is 0. The summed E-state index contributed by atoms with van der Waals surface area (Å²) in [6, 6.07) is 15.3. The van der Waals surface area contributed by atoms with E-state index < -0.39 is 0 Å². The molecular weight excluding hydrogens is 314 g/mol. The van der Waals surface area contributed by atoms with Gasteiger partial charge < -0.3 is 0 Å². The number of aromatic nitrogens is 1. The number of benzene rings is 2. The minimum Gasteiger partial charge on any atom is -0.248 e. The number of hydrogen-bond acceptors (Lipinski definition) is 1.